The lowest BCUT2D eigenvalue weighted by atomic mass is 10.0. The number of methoxy groups -OCH3 is 1. The second-order valence-corrected chi connectivity index (χ2v) is 9.06. The van der Waals surface area contributed by atoms with E-state index in [1.807, 2.05) is 31.2 Å². The second-order valence-electron chi connectivity index (χ2n) is 7.95. The first-order valence-electron chi connectivity index (χ1n) is 10.4. The third-order valence-electron chi connectivity index (χ3n) is 5.58. The number of anilines is 1. The van der Waals surface area contributed by atoms with Gasteiger partial charge in [0, 0.05) is 35.6 Å². The summed E-state index contributed by atoms with van der Waals surface area (Å²) in [5.41, 5.74) is 4.26. The van der Waals surface area contributed by atoms with Gasteiger partial charge in [-0.3, -0.25) is 9.69 Å². The first kappa shape index (κ1) is 22.0. The van der Waals surface area contributed by atoms with E-state index in [0.717, 1.165) is 40.1 Å². The fourth-order valence-corrected chi connectivity index (χ4v) is 5.19. The molecule has 0 fully saturated rings. The third-order valence-corrected chi connectivity index (χ3v) is 6.79. The molecular weight excluding hydrogens is 425 g/mol. The summed E-state index contributed by atoms with van der Waals surface area (Å²) in [5, 5.41) is 13.3. The maximum Gasteiger partial charge on any atom is 0.229 e. The van der Waals surface area contributed by atoms with Crippen molar-refractivity contribution in [1.29, 1.82) is 5.26 Å². The van der Waals surface area contributed by atoms with Gasteiger partial charge in [-0.2, -0.15) is 5.26 Å². The van der Waals surface area contributed by atoms with Crippen LogP contribution in [0.2, 0.25) is 0 Å². The van der Waals surface area contributed by atoms with Crippen LogP contribution in [0.25, 0.3) is 0 Å². The van der Waals surface area contributed by atoms with E-state index in [9.17, 15) is 14.4 Å². The molecule has 0 saturated carbocycles. The summed E-state index contributed by atoms with van der Waals surface area (Å²) < 4.78 is 18.9. The molecule has 1 aromatic heterocycles. The minimum Gasteiger partial charge on any atom is -0.496 e. The van der Waals surface area contributed by atoms with Gasteiger partial charge in [-0.25, -0.2) is 4.39 Å². The number of rotatable bonds is 6. The molecule has 1 aliphatic rings. The summed E-state index contributed by atoms with van der Waals surface area (Å²) >= 11 is 1.48. The van der Waals surface area contributed by atoms with Crippen LogP contribution in [0, 0.1) is 24.1 Å². The van der Waals surface area contributed by atoms with Crippen LogP contribution in [0.3, 0.4) is 0 Å². The summed E-state index contributed by atoms with van der Waals surface area (Å²) in [4.78, 5) is 16.1. The van der Waals surface area contributed by atoms with Gasteiger partial charge in [-0.1, -0.05) is 24.3 Å². The number of fused-ring (bicyclic) bond motifs is 1. The molecule has 0 aliphatic carbocycles. The van der Waals surface area contributed by atoms with Gasteiger partial charge in [0.2, 0.25) is 5.91 Å². The zero-order valence-corrected chi connectivity index (χ0v) is 18.9. The zero-order valence-electron chi connectivity index (χ0n) is 18.1. The molecule has 2 aromatic carbocycles. The minimum atomic E-state index is -0.247. The van der Waals surface area contributed by atoms with Crippen molar-refractivity contribution in [1.82, 2.24) is 4.90 Å². The molecule has 0 atom stereocenters. The Kier molecular flexibility index (Phi) is 6.54. The number of hydrogen-bond acceptors (Lipinski definition) is 5. The molecule has 5 nitrogen and oxygen atoms in total. The lowest BCUT2D eigenvalue weighted by Gasteiger charge is -2.27. The van der Waals surface area contributed by atoms with Crippen LogP contribution in [0.4, 0.5) is 9.39 Å². The van der Waals surface area contributed by atoms with Crippen LogP contribution in [0.1, 0.15) is 32.7 Å². The third kappa shape index (κ3) is 4.82. The van der Waals surface area contributed by atoms with Crippen molar-refractivity contribution in [2.24, 2.45) is 0 Å². The maximum atomic E-state index is 13.5. The van der Waals surface area contributed by atoms with Gasteiger partial charge >= 0.3 is 0 Å². The molecule has 1 aliphatic heterocycles. The van der Waals surface area contributed by atoms with Crippen LogP contribution in [0.5, 0.6) is 5.75 Å². The number of aryl methyl sites for hydroxylation is 1. The monoisotopic (exact) mass is 449 g/mol. The predicted octanol–water partition coefficient (Wildman–Crippen LogP) is 4.82. The Balaban J connectivity index is 1.48. The Morgan fingerprint density at radius 1 is 1.31 bits per heavy atom. The molecule has 0 radical (unpaired) electrons. The smallest absolute Gasteiger partial charge is 0.229 e. The lowest BCUT2D eigenvalue weighted by molar-refractivity contribution is -0.115. The second kappa shape index (κ2) is 9.51. The molecule has 0 bridgehead atoms. The van der Waals surface area contributed by atoms with Gasteiger partial charge in [0.25, 0.3) is 0 Å². The molecule has 32 heavy (non-hydrogen) atoms. The molecule has 0 unspecified atom stereocenters. The molecule has 7 heteroatoms. The Morgan fingerprint density at radius 2 is 2.16 bits per heavy atom. The van der Waals surface area contributed by atoms with Gasteiger partial charge in [0.15, 0.2) is 0 Å². The van der Waals surface area contributed by atoms with Gasteiger partial charge in [-0.15, -0.1) is 11.3 Å². The SMILES string of the molecule is COc1cc(C)ccc1CC(=O)Nc1sc2c(c1C#N)CN(Cc1cccc(F)c1)CC2. The van der Waals surface area contributed by atoms with Gasteiger partial charge < -0.3 is 10.1 Å². The number of carbonyl (C=O) groups excluding carboxylic acids is 1. The molecule has 4 rings (SSSR count). The van der Waals surface area contributed by atoms with Crippen molar-refractivity contribution >= 4 is 22.2 Å². The highest BCUT2D eigenvalue weighted by atomic mass is 32.1. The molecular formula is C25H24FN3O2S. The Hall–Kier alpha value is -3.21. The number of nitrogens with zero attached hydrogens (tertiary/aromatic N) is 2. The van der Waals surface area contributed by atoms with E-state index in [2.05, 4.69) is 16.3 Å². The van der Waals surface area contributed by atoms with E-state index in [1.165, 1.54) is 17.4 Å². The van der Waals surface area contributed by atoms with Gasteiger partial charge in [0.1, 0.15) is 22.6 Å². The number of thiophene rings is 1. The van der Waals surface area contributed by atoms with E-state index < -0.39 is 0 Å². The molecule has 1 N–H and O–H groups in total. The average molecular weight is 450 g/mol. The predicted molar refractivity (Wildman–Crippen MR) is 123 cm³/mol. The standard InChI is InChI=1S/C25H24FN3O2S/c1-16-6-7-18(22(10-16)31-2)12-24(30)28-25-20(13-27)21-15-29(9-8-23(21)32-25)14-17-4-3-5-19(26)11-17/h3-7,10-11H,8-9,12,14-15H2,1-2H3,(H,28,30). The average Bonchev–Trinajstić information content (AvgIpc) is 3.11. The molecule has 3 aromatic rings. The number of nitriles is 1. The van der Waals surface area contributed by atoms with Gasteiger partial charge in [0.05, 0.1) is 19.1 Å². The Bertz CT molecular complexity index is 1200. The van der Waals surface area contributed by atoms with Crippen molar-refractivity contribution in [3.63, 3.8) is 0 Å². The fraction of sp³-hybridized carbons (Fsp3) is 0.280. The highest BCUT2D eigenvalue weighted by Gasteiger charge is 2.25. The topological polar surface area (TPSA) is 65.4 Å². The van der Waals surface area contributed by atoms with E-state index in [1.54, 1.807) is 19.2 Å². The first-order chi connectivity index (χ1) is 15.5. The Morgan fingerprint density at radius 3 is 2.91 bits per heavy atom. The Labute approximate surface area is 191 Å². The lowest BCUT2D eigenvalue weighted by Crippen LogP contribution is -2.29. The number of amides is 1. The van der Waals surface area contributed by atoms with Crippen LogP contribution in [-0.2, 0) is 30.7 Å². The molecule has 0 saturated heterocycles. The summed E-state index contributed by atoms with van der Waals surface area (Å²) in [5.74, 6) is 0.252. The number of benzene rings is 2. The highest BCUT2D eigenvalue weighted by molar-refractivity contribution is 7.16. The van der Waals surface area contributed by atoms with Gasteiger partial charge in [-0.05, 0) is 42.7 Å². The fourth-order valence-electron chi connectivity index (χ4n) is 4.02. The molecule has 0 spiro atoms. The highest BCUT2D eigenvalue weighted by Crippen LogP contribution is 2.37. The van der Waals surface area contributed by atoms with Crippen LogP contribution in [-0.4, -0.2) is 24.5 Å². The minimum absolute atomic E-state index is 0.169. The molecule has 1 amide bonds. The van der Waals surface area contributed by atoms with Crippen molar-refractivity contribution in [2.75, 3.05) is 19.0 Å². The van der Waals surface area contributed by atoms with E-state index in [0.29, 0.717) is 29.4 Å². The summed E-state index contributed by atoms with van der Waals surface area (Å²) in [6, 6.07) is 14.6. The van der Waals surface area contributed by atoms with E-state index >= 15 is 0 Å². The molecule has 2 heterocycles. The summed E-state index contributed by atoms with van der Waals surface area (Å²) in [7, 11) is 1.59. The van der Waals surface area contributed by atoms with Crippen molar-refractivity contribution in [3.05, 3.63) is 81.0 Å². The first-order valence-corrected chi connectivity index (χ1v) is 11.2. The van der Waals surface area contributed by atoms with Crippen molar-refractivity contribution in [3.8, 4) is 11.8 Å². The normalized spacial score (nSPS) is 13.3. The largest absolute Gasteiger partial charge is 0.496 e. The summed E-state index contributed by atoms with van der Waals surface area (Å²) in [6.45, 7) is 4.02. The van der Waals surface area contributed by atoms with Crippen LogP contribution >= 0.6 is 11.3 Å². The zero-order chi connectivity index (χ0) is 22.7. The van der Waals surface area contributed by atoms with Crippen molar-refractivity contribution in [2.45, 2.75) is 32.9 Å². The van der Waals surface area contributed by atoms with E-state index in [-0.39, 0.29) is 18.1 Å². The number of halogens is 1. The van der Waals surface area contributed by atoms with Crippen LogP contribution < -0.4 is 10.1 Å². The van der Waals surface area contributed by atoms with Crippen molar-refractivity contribution < 1.29 is 13.9 Å². The maximum absolute atomic E-state index is 13.5. The van der Waals surface area contributed by atoms with E-state index in [4.69, 9.17) is 4.74 Å². The summed E-state index contributed by atoms with van der Waals surface area (Å²) in [6.07, 6.45) is 0.967. The molecule has 164 valence electrons. The van der Waals surface area contributed by atoms with Crippen LogP contribution in [0.15, 0.2) is 42.5 Å². The number of ether oxygens (including phenoxy) is 1. The number of nitrogens with one attached hydrogen (secondary N) is 1. The number of carbonyl (C=O) groups is 1. The quantitative estimate of drug-likeness (QED) is 0.586. The number of hydrogen-bond donors (Lipinski definition) is 1.